The molecule has 3 heterocycles. The van der Waals surface area contributed by atoms with Gasteiger partial charge in [0.25, 0.3) is 11.8 Å². The highest BCUT2D eigenvalue weighted by molar-refractivity contribution is 7.14. The molecule has 1 fully saturated rings. The van der Waals surface area contributed by atoms with E-state index < -0.39 is 6.09 Å². The number of halogens is 1. The van der Waals surface area contributed by atoms with Gasteiger partial charge in [-0.3, -0.25) is 0 Å². The predicted molar refractivity (Wildman–Crippen MR) is 79.0 cm³/mol. The number of aromatic nitrogens is 2. The van der Waals surface area contributed by atoms with E-state index in [1.165, 1.54) is 11.3 Å². The van der Waals surface area contributed by atoms with Gasteiger partial charge in [-0.1, -0.05) is 11.6 Å². The molecule has 0 atom stereocenters. The monoisotopic (exact) mass is 328 g/mol. The van der Waals surface area contributed by atoms with Crippen molar-refractivity contribution in [3.05, 3.63) is 16.5 Å². The number of carbonyl (C=O) groups is 1. The van der Waals surface area contributed by atoms with Crippen LogP contribution in [-0.2, 0) is 0 Å². The van der Waals surface area contributed by atoms with Gasteiger partial charge in [-0.2, -0.15) is 4.98 Å². The zero-order chi connectivity index (χ0) is 14.8. The normalized spacial score (nSPS) is 16.1. The summed E-state index contributed by atoms with van der Waals surface area (Å²) in [6.45, 7) is 1.37. The minimum atomic E-state index is -0.984. The SMILES string of the molecule is O=C(O)NC1CCN(c2noc(-c3sccc3Cl)n2)CC1. The molecule has 0 aromatic carbocycles. The summed E-state index contributed by atoms with van der Waals surface area (Å²) in [5.41, 5.74) is 0. The Hall–Kier alpha value is -1.80. The molecule has 7 nitrogen and oxygen atoms in total. The fourth-order valence-corrected chi connectivity index (χ4v) is 3.34. The smallest absolute Gasteiger partial charge is 0.404 e. The summed E-state index contributed by atoms with van der Waals surface area (Å²) in [6, 6.07) is 1.77. The average Bonchev–Trinajstić information content (AvgIpc) is 3.07. The molecule has 1 saturated heterocycles. The Morgan fingerprint density at radius 2 is 2.29 bits per heavy atom. The molecule has 21 heavy (non-hydrogen) atoms. The number of rotatable bonds is 3. The van der Waals surface area contributed by atoms with Crippen LogP contribution in [-0.4, -0.2) is 40.5 Å². The van der Waals surface area contributed by atoms with Crippen LogP contribution in [0.25, 0.3) is 10.8 Å². The largest absolute Gasteiger partial charge is 0.465 e. The van der Waals surface area contributed by atoms with Gasteiger partial charge < -0.3 is 19.8 Å². The van der Waals surface area contributed by atoms with E-state index in [1.54, 1.807) is 6.07 Å². The van der Waals surface area contributed by atoms with Crippen molar-refractivity contribution in [2.45, 2.75) is 18.9 Å². The predicted octanol–water partition coefficient (Wildman–Crippen LogP) is 2.69. The minimum absolute atomic E-state index is 0.0168. The second kappa shape index (κ2) is 5.90. The molecule has 0 saturated carbocycles. The van der Waals surface area contributed by atoms with E-state index in [-0.39, 0.29) is 6.04 Å². The second-order valence-electron chi connectivity index (χ2n) is 4.71. The average molecular weight is 329 g/mol. The Labute approximate surface area is 129 Å². The van der Waals surface area contributed by atoms with Crippen LogP contribution in [0.15, 0.2) is 16.0 Å². The molecule has 112 valence electrons. The number of hydrogen-bond acceptors (Lipinski definition) is 6. The summed E-state index contributed by atoms with van der Waals surface area (Å²) in [5, 5.41) is 17.6. The van der Waals surface area contributed by atoms with Gasteiger partial charge >= 0.3 is 6.09 Å². The first-order valence-electron chi connectivity index (χ1n) is 6.45. The van der Waals surface area contributed by atoms with Crippen molar-refractivity contribution >= 4 is 35.0 Å². The van der Waals surface area contributed by atoms with E-state index in [0.717, 1.165) is 17.7 Å². The Morgan fingerprint density at radius 1 is 1.52 bits per heavy atom. The van der Waals surface area contributed by atoms with Crippen LogP contribution >= 0.6 is 22.9 Å². The molecule has 1 amide bonds. The first kappa shape index (κ1) is 14.2. The highest BCUT2D eigenvalue weighted by Gasteiger charge is 2.24. The number of amides is 1. The summed E-state index contributed by atoms with van der Waals surface area (Å²) in [4.78, 5) is 17.7. The van der Waals surface area contributed by atoms with Crippen LogP contribution in [0.1, 0.15) is 12.8 Å². The third-order valence-corrected chi connectivity index (χ3v) is 4.66. The van der Waals surface area contributed by atoms with Crippen molar-refractivity contribution in [3.63, 3.8) is 0 Å². The standard InChI is InChI=1S/C12H13ClN4O3S/c13-8-3-6-21-9(8)10-15-11(16-20-10)17-4-1-7(2-5-17)14-12(18)19/h3,6-7,14H,1-2,4-5H2,(H,18,19). The third kappa shape index (κ3) is 3.11. The van der Waals surface area contributed by atoms with Crippen molar-refractivity contribution in [1.82, 2.24) is 15.5 Å². The van der Waals surface area contributed by atoms with Crippen LogP contribution in [0.4, 0.5) is 10.7 Å². The Balaban J connectivity index is 1.65. The summed E-state index contributed by atoms with van der Waals surface area (Å²) in [6.07, 6.45) is 0.453. The lowest BCUT2D eigenvalue weighted by Gasteiger charge is -2.30. The highest BCUT2D eigenvalue weighted by atomic mass is 35.5. The number of piperidine rings is 1. The van der Waals surface area contributed by atoms with Crippen LogP contribution < -0.4 is 10.2 Å². The fourth-order valence-electron chi connectivity index (χ4n) is 2.28. The molecule has 0 unspecified atom stereocenters. The number of thiophene rings is 1. The van der Waals surface area contributed by atoms with Gasteiger partial charge in [-0.15, -0.1) is 11.3 Å². The highest BCUT2D eigenvalue weighted by Crippen LogP contribution is 2.33. The molecule has 2 N–H and O–H groups in total. The van der Waals surface area contributed by atoms with Crippen molar-refractivity contribution in [3.8, 4) is 10.8 Å². The third-order valence-electron chi connectivity index (χ3n) is 3.33. The lowest BCUT2D eigenvalue weighted by atomic mass is 10.1. The Bertz CT molecular complexity index is 636. The molecule has 0 aliphatic carbocycles. The van der Waals surface area contributed by atoms with Gasteiger partial charge in [0, 0.05) is 19.1 Å². The lowest BCUT2D eigenvalue weighted by Crippen LogP contribution is -2.44. The van der Waals surface area contributed by atoms with Crippen LogP contribution in [0.3, 0.4) is 0 Å². The van der Waals surface area contributed by atoms with Gasteiger partial charge in [0.15, 0.2) is 0 Å². The van der Waals surface area contributed by atoms with Crippen LogP contribution in [0.2, 0.25) is 5.02 Å². The van der Waals surface area contributed by atoms with Crippen molar-refractivity contribution < 1.29 is 14.4 Å². The van der Waals surface area contributed by atoms with Gasteiger partial charge in [0.2, 0.25) is 0 Å². The first-order chi connectivity index (χ1) is 10.1. The van der Waals surface area contributed by atoms with Gasteiger partial charge in [0.05, 0.1) is 5.02 Å². The van der Waals surface area contributed by atoms with Gasteiger partial charge in [-0.25, -0.2) is 4.79 Å². The topological polar surface area (TPSA) is 91.5 Å². The maximum atomic E-state index is 10.6. The quantitative estimate of drug-likeness (QED) is 0.900. The van der Waals surface area contributed by atoms with E-state index in [9.17, 15) is 4.79 Å². The zero-order valence-electron chi connectivity index (χ0n) is 11.0. The molecule has 3 rings (SSSR count). The number of nitrogens with one attached hydrogen (secondary N) is 1. The molecule has 1 aliphatic heterocycles. The number of nitrogens with zero attached hydrogens (tertiary/aromatic N) is 3. The van der Waals surface area contributed by atoms with Gasteiger partial charge in [-0.05, 0) is 29.4 Å². The molecular formula is C12H13ClN4O3S. The molecule has 1 aliphatic rings. The van der Waals surface area contributed by atoms with Crippen molar-refractivity contribution in [2.75, 3.05) is 18.0 Å². The van der Waals surface area contributed by atoms with Crippen LogP contribution in [0.5, 0.6) is 0 Å². The van der Waals surface area contributed by atoms with Crippen LogP contribution in [0, 0.1) is 0 Å². The molecular weight excluding hydrogens is 316 g/mol. The van der Waals surface area contributed by atoms with E-state index in [2.05, 4.69) is 15.5 Å². The Morgan fingerprint density at radius 3 is 2.90 bits per heavy atom. The minimum Gasteiger partial charge on any atom is -0.465 e. The molecule has 0 bridgehead atoms. The molecule has 2 aromatic heterocycles. The maximum Gasteiger partial charge on any atom is 0.404 e. The summed E-state index contributed by atoms with van der Waals surface area (Å²) in [7, 11) is 0. The summed E-state index contributed by atoms with van der Waals surface area (Å²) >= 11 is 7.49. The summed E-state index contributed by atoms with van der Waals surface area (Å²) < 4.78 is 5.25. The lowest BCUT2D eigenvalue weighted by molar-refractivity contribution is 0.187. The molecule has 9 heteroatoms. The molecule has 2 aromatic rings. The number of anilines is 1. The summed E-state index contributed by atoms with van der Waals surface area (Å²) in [5.74, 6) is 0.930. The maximum absolute atomic E-state index is 10.6. The fraction of sp³-hybridized carbons (Fsp3) is 0.417. The van der Waals surface area contributed by atoms with Crippen molar-refractivity contribution in [1.29, 1.82) is 0 Å². The van der Waals surface area contributed by atoms with Gasteiger partial charge in [0.1, 0.15) is 4.88 Å². The van der Waals surface area contributed by atoms with E-state index in [4.69, 9.17) is 21.2 Å². The van der Waals surface area contributed by atoms with Crippen molar-refractivity contribution in [2.24, 2.45) is 0 Å². The number of hydrogen-bond donors (Lipinski definition) is 2. The van der Waals surface area contributed by atoms with E-state index >= 15 is 0 Å². The first-order valence-corrected chi connectivity index (χ1v) is 7.70. The Kier molecular flexibility index (Phi) is 3.98. The second-order valence-corrected chi connectivity index (χ2v) is 6.03. The van der Waals surface area contributed by atoms with E-state index in [1.807, 2.05) is 10.3 Å². The molecule has 0 spiro atoms. The molecule has 0 radical (unpaired) electrons. The van der Waals surface area contributed by atoms with E-state index in [0.29, 0.717) is 30.0 Å². The zero-order valence-corrected chi connectivity index (χ0v) is 12.5. The number of carboxylic acid groups (broad SMARTS) is 1.